The van der Waals surface area contributed by atoms with Crippen LogP contribution in [0, 0.1) is 20.8 Å². The van der Waals surface area contributed by atoms with Crippen LogP contribution in [0.3, 0.4) is 0 Å². The lowest BCUT2D eigenvalue weighted by atomic mass is 10.0. The van der Waals surface area contributed by atoms with Crippen molar-refractivity contribution in [2.24, 2.45) is 0 Å². The largest absolute Gasteiger partial charge is 0.379 e. The van der Waals surface area contributed by atoms with Crippen molar-refractivity contribution in [2.45, 2.75) is 40.3 Å². The van der Waals surface area contributed by atoms with Gasteiger partial charge in [-0.2, -0.15) is 0 Å². The zero-order valence-corrected chi connectivity index (χ0v) is 21.8. The van der Waals surface area contributed by atoms with E-state index in [2.05, 4.69) is 43.8 Å². The van der Waals surface area contributed by atoms with Gasteiger partial charge < -0.3 is 19.4 Å². The summed E-state index contributed by atoms with van der Waals surface area (Å²) < 4.78 is 7.78. The molecule has 0 saturated carbocycles. The monoisotopic (exact) mass is 499 g/mol. The molecule has 2 N–H and O–H groups in total. The minimum atomic E-state index is -0.195. The molecule has 8 nitrogen and oxygen atoms in total. The maximum Gasteiger partial charge on any atom is 0.253 e. The van der Waals surface area contributed by atoms with Crippen molar-refractivity contribution in [3.8, 4) is 11.1 Å². The quantitative estimate of drug-likeness (QED) is 0.419. The van der Waals surface area contributed by atoms with Crippen LogP contribution in [-0.2, 0) is 11.3 Å². The Morgan fingerprint density at radius 3 is 2.65 bits per heavy atom. The summed E-state index contributed by atoms with van der Waals surface area (Å²) in [6.45, 7) is 11.2. The molecule has 0 radical (unpaired) electrons. The van der Waals surface area contributed by atoms with Gasteiger partial charge in [-0.25, -0.2) is 0 Å². The average Bonchev–Trinajstić information content (AvgIpc) is 3.32. The van der Waals surface area contributed by atoms with E-state index < -0.39 is 0 Å². The number of hydrogen-bond donors (Lipinski definition) is 2. The summed E-state index contributed by atoms with van der Waals surface area (Å²) in [4.78, 5) is 35.5. The van der Waals surface area contributed by atoms with Crippen LogP contribution in [0.2, 0.25) is 0 Å². The van der Waals surface area contributed by atoms with Crippen molar-refractivity contribution in [1.82, 2.24) is 24.6 Å². The van der Waals surface area contributed by atoms with Gasteiger partial charge in [0.25, 0.3) is 11.5 Å². The number of carbonyl (C=O) groups is 1. The van der Waals surface area contributed by atoms with Gasteiger partial charge in [0, 0.05) is 83.4 Å². The number of pyridine rings is 3. The third kappa shape index (κ3) is 4.95. The number of nitrogens with one attached hydrogen (secondary N) is 2. The number of hydrogen-bond acceptors (Lipinski definition) is 5. The van der Waals surface area contributed by atoms with Gasteiger partial charge in [0.2, 0.25) is 0 Å². The standard InChI is InChI=1S/C29H33N5O3/c1-18-12-19(2)32-29(36)26(18)16-31-28(35)25-14-24-13-23(22-6-5-7-30-15-22)17-34(24)27(20(25)3)21(4)33-8-10-37-11-9-33/h5-7,12-15,17,21H,8-11,16H2,1-4H3,(H,31,35)(H,32,36). The first kappa shape index (κ1) is 24.9. The van der Waals surface area contributed by atoms with E-state index in [1.807, 2.05) is 51.2 Å². The molecule has 1 saturated heterocycles. The number of ether oxygens (including phenoxy) is 1. The lowest BCUT2D eigenvalue weighted by Crippen LogP contribution is -2.39. The van der Waals surface area contributed by atoms with Crippen LogP contribution in [-0.4, -0.2) is 51.5 Å². The predicted octanol–water partition coefficient (Wildman–Crippen LogP) is 3.94. The molecule has 4 aromatic rings. The van der Waals surface area contributed by atoms with E-state index in [0.29, 0.717) is 24.3 Å². The van der Waals surface area contributed by atoms with Crippen molar-refractivity contribution in [1.29, 1.82) is 0 Å². The van der Waals surface area contributed by atoms with Crippen molar-refractivity contribution in [3.63, 3.8) is 0 Å². The number of aryl methyl sites for hydroxylation is 2. The molecule has 1 unspecified atom stereocenters. The molecular weight excluding hydrogens is 466 g/mol. The highest BCUT2D eigenvalue weighted by Crippen LogP contribution is 2.32. The summed E-state index contributed by atoms with van der Waals surface area (Å²) in [5, 5.41) is 2.99. The third-order valence-corrected chi connectivity index (χ3v) is 7.34. The van der Waals surface area contributed by atoms with Crippen LogP contribution in [0.1, 0.15) is 51.4 Å². The van der Waals surface area contributed by atoms with E-state index in [0.717, 1.165) is 52.2 Å². The number of amides is 1. The maximum atomic E-state index is 13.5. The van der Waals surface area contributed by atoms with Crippen LogP contribution < -0.4 is 10.9 Å². The SMILES string of the molecule is Cc1cc(C)c(CNC(=O)c2cc3cc(-c4cccnc4)cn3c(C(C)N3CCOCC3)c2C)c(=O)[nH]1. The van der Waals surface area contributed by atoms with E-state index in [4.69, 9.17) is 4.74 Å². The Bertz CT molecular complexity index is 1500. The predicted molar refractivity (Wildman–Crippen MR) is 144 cm³/mol. The highest BCUT2D eigenvalue weighted by Gasteiger charge is 2.26. The van der Waals surface area contributed by atoms with Gasteiger partial charge in [0.15, 0.2) is 0 Å². The molecular formula is C29H33N5O3. The van der Waals surface area contributed by atoms with E-state index in [1.165, 1.54) is 0 Å². The number of fused-ring (bicyclic) bond motifs is 1. The molecule has 1 atom stereocenters. The lowest BCUT2D eigenvalue weighted by molar-refractivity contribution is 0.0187. The Kier molecular flexibility index (Phi) is 6.95. The van der Waals surface area contributed by atoms with E-state index in [1.54, 1.807) is 6.20 Å². The Hall–Kier alpha value is -3.75. The number of rotatable bonds is 6. The molecule has 1 aliphatic heterocycles. The number of aromatic nitrogens is 3. The third-order valence-electron chi connectivity index (χ3n) is 7.34. The average molecular weight is 500 g/mol. The molecule has 0 bridgehead atoms. The first-order valence-corrected chi connectivity index (χ1v) is 12.7. The van der Waals surface area contributed by atoms with Crippen LogP contribution >= 0.6 is 0 Å². The van der Waals surface area contributed by atoms with E-state index in [9.17, 15) is 9.59 Å². The molecule has 1 aliphatic rings. The number of morpholine rings is 1. The van der Waals surface area contributed by atoms with Gasteiger partial charge in [0.05, 0.1) is 13.2 Å². The zero-order chi connectivity index (χ0) is 26.1. The molecule has 5 heterocycles. The number of H-pyrrole nitrogens is 1. The highest BCUT2D eigenvalue weighted by molar-refractivity contribution is 5.97. The fraction of sp³-hybridized carbons (Fsp3) is 0.345. The van der Waals surface area contributed by atoms with Gasteiger partial charge in [0.1, 0.15) is 0 Å². The number of aromatic amines is 1. The Balaban J connectivity index is 1.56. The summed E-state index contributed by atoms with van der Waals surface area (Å²) in [5.41, 5.74) is 7.68. The topological polar surface area (TPSA) is 91.7 Å². The molecule has 0 spiro atoms. The fourth-order valence-electron chi connectivity index (χ4n) is 5.32. The Morgan fingerprint density at radius 1 is 1.16 bits per heavy atom. The first-order chi connectivity index (χ1) is 17.8. The minimum Gasteiger partial charge on any atom is -0.379 e. The van der Waals surface area contributed by atoms with Gasteiger partial charge in [-0.15, -0.1) is 0 Å². The van der Waals surface area contributed by atoms with Crippen LogP contribution in [0.25, 0.3) is 16.6 Å². The van der Waals surface area contributed by atoms with Crippen LogP contribution in [0.5, 0.6) is 0 Å². The second-order valence-corrected chi connectivity index (χ2v) is 9.78. The van der Waals surface area contributed by atoms with E-state index >= 15 is 0 Å². The van der Waals surface area contributed by atoms with Crippen molar-refractivity contribution >= 4 is 11.4 Å². The maximum absolute atomic E-state index is 13.5. The molecule has 5 rings (SSSR count). The molecule has 1 amide bonds. The van der Waals surface area contributed by atoms with Gasteiger partial charge in [-0.1, -0.05) is 6.07 Å². The zero-order valence-electron chi connectivity index (χ0n) is 21.8. The molecule has 37 heavy (non-hydrogen) atoms. The second-order valence-electron chi connectivity index (χ2n) is 9.78. The van der Waals surface area contributed by atoms with Crippen LogP contribution in [0.15, 0.2) is 53.7 Å². The Morgan fingerprint density at radius 2 is 1.95 bits per heavy atom. The minimum absolute atomic E-state index is 0.0792. The summed E-state index contributed by atoms with van der Waals surface area (Å²) in [6.07, 6.45) is 5.74. The van der Waals surface area contributed by atoms with Gasteiger partial charge in [-0.3, -0.25) is 19.5 Å². The van der Waals surface area contributed by atoms with Crippen molar-refractivity contribution < 1.29 is 9.53 Å². The number of nitrogens with zero attached hydrogens (tertiary/aromatic N) is 3. The van der Waals surface area contributed by atoms with Gasteiger partial charge >= 0.3 is 0 Å². The molecule has 4 aromatic heterocycles. The summed E-state index contributed by atoms with van der Waals surface area (Å²) in [7, 11) is 0. The molecule has 8 heteroatoms. The fourth-order valence-corrected chi connectivity index (χ4v) is 5.32. The highest BCUT2D eigenvalue weighted by atomic mass is 16.5. The molecule has 0 aliphatic carbocycles. The molecule has 0 aromatic carbocycles. The van der Waals surface area contributed by atoms with Gasteiger partial charge in [-0.05, 0) is 63.1 Å². The molecule has 192 valence electrons. The smallest absolute Gasteiger partial charge is 0.253 e. The van der Waals surface area contributed by atoms with Crippen molar-refractivity contribution in [3.05, 3.63) is 92.9 Å². The second kappa shape index (κ2) is 10.3. The first-order valence-electron chi connectivity index (χ1n) is 12.7. The summed E-state index contributed by atoms with van der Waals surface area (Å²) in [5.74, 6) is -0.195. The summed E-state index contributed by atoms with van der Waals surface area (Å²) >= 11 is 0. The number of carbonyl (C=O) groups excluding carboxylic acids is 1. The summed E-state index contributed by atoms with van der Waals surface area (Å²) in [6, 6.07) is 9.99. The normalized spacial score (nSPS) is 15.1. The van der Waals surface area contributed by atoms with Crippen molar-refractivity contribution in [2.75, 3.05) is 26.3 Å². The molecule has 1 fully saturated rings. The lowest BCUT2D eigenvalue weighted by Gasteiger charge is -2.34. The van der Waals surface area contributed by atoms with Crippen LogP contribution in [0.4, 0.5) is 0 Å². The Labute approximate surface area is 216 Å². The van der Waals surface area contributed by atoms with E-state index in [-0.39, 0.29) is 24.1 Å².